The maximum Gasteiger partial charge on any atom is 0.410 e. The Bertz CT molecular complexity index is 516. The Balaban J connectivity index is 1.60. The first-order valence-electron chi connectivity index (χ1n) is 7.37. The lowest BCUT2D eigenvalue weighted by Crippen LogP contribution is -2.48. The van der Waals surface area contributed by atoms with Crippen LogP contribution in [0.25, 0.3) is 0 Å². The van der Waals surface area contributed by atoms with E-state index in [0.29, 0.717) is 12.8 Å². The molecular weight excluding hydrogens is 270 g/mol. The van der Waals surface area contributed by atoms with Gasteiger partial charge in [-0.25, -0.2) is 4.79 Å². The average molecular weight is 289 g/mol. The number of carbonyl (C=O) groups is 2. The molecule has 0 radical (unpaired) electrons. The molecular formula is C16H19NO4. The number of ether oxygens (including phenoxy) is 1. The highest BCUT2D eigenvalue weighted by Crippen LogP contribution is 2.39. The molecule has 1 aromatic rings. The van der Waals surface area contributed by atoms with Crippen molar-refractivity contribution < 1.29 is 19.4 Å². The lowest BCUT2D eigenvalue weighted by atomic mass is 9.91. The summed E-state index contributed by atoms with van der Waals surface area (Å²) in [4.78, 5) is 25.2. The number of piperidine rings is 1. The van der Waals surface area contributed by atoms with Crippen LogP contribution < -0.4 is 0 Å². The van der Waals surface area contributed by atoms with Crippen LogP contribution in [0, 0.1) is 5.92 Å². The summed E-state index contributed by atoms with van der Waals surface area (Å²) in [6.45, 7) is 0.262. The van der Waals surface area contributed by atoms with Gasteiger partial charge in [-0.2, -0.15) is 0 Å². The fourth-order valence-corrected chi connectivity index (χ4v) is 3.47. The smallest absolute Gasteiger partial charge is 0.410 e. The summed E-state index contributed by atoms with van der Waals surface area (Å²) < 4.78 is 5.38. The number of aliphatic carboxylic acids is 1. The minimum absolute atomic E-state index is 0.0214. The standard InChI is InChI=1S/C16H19NO4/c18-15(19)12-8-13-6-7-14(9-12)17(13)16(20)21-10-11-4-2-1-3-5-11/h1-5,12-14H,6-10H2,(H,18,19)/t12?,13-,14+. The van der Waals surface area contributed by atoms with Gasteiger partial charge in [-0.15, -0.1) is 0 Å². The Morgan fingerprint density at radius 1 is 1.14 bits per heavy atom. The predicted octanol–water partition coefficient (Wildman–Crippen LogP) is 2.65. The molecule has 0 aliphatic carbocycles. The van der Waals surface area contributed by atoms with Gasteiger partial charge in [0, 0.05) is 12.1 Å². The van der Waals surface area contributed by atoms with Gasteiger partial charge < -0.3 is 14.7 Å². The zero-order valence-corrected chi connectivity index (χ0v) is 11.8. The second-order valence-electron chi connectivity index (χ2n) is 5.84. The molecule has 5 nitrogen and oxygen atoms in total. The average Bonchev–Trinajstić information content (AvgIpc) is 2.75. The molecule has 0 saturated carbocycles. The minimum atomic E-state index is -0.746. The number of fused-ring (bicyclic) bond motifs is 2. The largest absolute Gasteiger partial charge is 0.481 e. The summed E-state index contributed by atoms with van der Waals surface area (Å²) >= 11 is 0. The van der Waals surface area contributed by atoms with Crippen LogP contribution in [0.4, 0.5) is 4.79 Å². The van der Waals surface area contributed by atoms with Gasteiger partial charge in [0.2, 0.25) is 0 Å². The summed E-state index contributed by atoms with van der Waals surface area (Å²) in [6, 6.07) is 9.61. The molecule has 2 fully saturated rings. The highest BCUT2D eigenvalue weighted by molar-refractivity contribution is 5.73. The van der Waals surface area contributed by atoms with Crippen LogP contribution in [0.5, 0.6) is 0 Å². The van der Waals surface area contributed by atoms with Gasteiger partial charge in [-0.05, 0) is 31.2 Å². The van der Waals surface area contributed by atoms with Crippen molar-refractivity contribution in [1.82, 2.24) is 4.90 Å². The molecule has 112 valence electrons. The molecule has 2 saturated heterocycles. The van der Waals surface area contributed by atoms with Crippen LogP contribution in [0.15, 0.2) is 30.3 Å². The molecule has 2 bridgehead atoms. The lowest BCUT2D eigenvalue weighted by Gasteiger charge is -2.36. The van der Waals surface area contributed by atoms with Crippen LogP contribution in [0.1, 0.15) is 31.2 Å². The van der Waals surface area contributed by atoms with Gasteiger partial charge in [0.1, 0.15) is 6.61 Å². The third-order valence-corrected chi connectivity index (χ3v) is 4.50. The number of carboxylic acid groups (broad SMARTS) is 1. The Labute approximate surface area is 123 Å². The van der Waals surface area contributed by atoms with E-state index in [1.165, 1.54) is 0 Å². The van der Waals surface area contributed by atoms with Crippen LogP contribution >= 0.6 is 0 Å². The predicted molar refractivity (Wildman–Crippen MR) is 75.6 cm³/mol. The molecule has 0 spiro atoms. The van der Waals surface area contributed by atoms with Crippen molar-refractivity contribution in [2.45, 2.75) is 44.4 Å². The number of hydrogen-bond acceptors (Lipinski definition) is 3. The molecule has 1 N–H and O–H groups in total. The van der Waals surface area contributed by atoms with Crippen molar-refractivity contribution in [2.75, 3.05) is 0 Å². The van der Waals surface area contributed by atoms with E-state index >= 15 is 0 Å². The van der Waals surface area contributed by atoms with E-state index in [-0.39, 0.29) is 30.7 Å². The van der Waals surface area contributed by atoms with Gasteiger partial charge in [0.05, 0.1) is 5.92 Å². The first-order chi connectivity index (χ1) is 10.1. The third-order valence-electron chi connectivity index (χ3n) is 4.50. The van der Waals surface area contributed by atoms with Crippen molar-refractivity contribution in [3.63, 3.8) is 0 Å². The number of rotatable bonds is 3. The topological polar surface area (TPSA) is 66.8 Å². The molecule has 3 rings (SSSR count). The number of carbonyl (C=O) groups excluding carboxylic acids is 1. The second-order valence-corrected chi connectivity index (χ2v) is 5.84. The maximum absolute atomic E-state index is 12.3. The fourth-order valence-electron chi connectivity index (χ4n) is 3.47. The normalized spacial score (nSPS) is 27.4. The summed E-state index contributed by atoms with van der Waals surface area (Å²) in [5, 5.41) is 9.14. The number of hydrogen-bond donors (Lipinski definition) is 1. The van der Waals surface area contributed by atoms with Gasteiger partial charge in [-0.1, -0.05) is 30.3 Å². The first-order valence-corrected chi connectivity index (χ1v) is 7.37. The Hall–Kier alpha value is -2.04. The first kappa shape index (κ1) is 13.9. The van der Waals surface area contributed by atoms with E-state index in [4.69, 9.17) is 9.84 Å². The molecule has 1 unspecified atom stereocenters. The van der Waals surface area contributed by atoms with E-state index in [2.05, 4.69) is 0 Å². The molecule has 2 heterocycles. The molecule has 1 aromatic carbocycles. The minimum Gasteiger partial charge on any atom is -0.481 e. The summed E-state index contributed by atoms with van der Waals surface area (Å²) in [5.74, 6) is -1.06. The van der Waals surface area contributed by atoms with Gasteiger partial charge >= 0.3 is 12.1 Å². The highest BCUT2D eigenvalue weighted by atomic mass is 16.6. The summed E-state index contributed by atoms with van der Waals surface area (Å²) in [7, 11) is 0. The van der Waals surface area contributed by atoms with Crippen LogP contribution in [0.3, 0.4) is 0 Å². The molecule has 2 aliphatic heterocycles. The molecule has 0 aromatic heterocycles. The monoisotopic (exact) mass is 289 g/mol. The van der Waals surface area contributed by atoms with E-state index in [1.807, 2.05) is 30.3 Å². The zero-order chi connectivity index (χ0) is 14.8. The van der Waals surface area contributed by atoms with Crippen LogP contribution in [-0.2, 0) is 16.1 Å². The van der Waals surface area contributed by atoms with E-state index in [0.717, 1.165) is 18.4 Å². The Kier molecular flexibility index (Phi) is 3.82. The number of carboxylic acids is 1. The van der Waals surface area contributed by atoms with Gasteiger partial charge in [-0.3, -0.25) is 4.79 Å². The molecule has 5 heteroatoms. The van der Waals surface area contributed by atoms with Crippen LogP contribution in [-0.4, -0.2) is 34.2 Å². The number of amides is 1. The van der Waals surface area contributed by atoms with Crippen LogP contribution in [0.2, 0.25) is 0 Å². The van der Waals surface area contributed by atoms with Crippen molar-refractivity contribution in [1.29, 1.82) is 0 Å². The number of nitrogens with zero attached hydrogens (tertiary/aromatic N) is 1. The maximum atomic E-state index is 12.3. The summed E-state index contributed by atoms with van der Waals surface area (Å²) in [5.41, 5.74) is 0.957. The lowest BCUT2D eigenvalue weighted by molar-refractivity contribution is -0.144. The van der Waals surface area contributed by atoms with Gasteiger partial charge in [0.25, 0.3) is 0 Å². The van der Waals surface area contributed by atoms with Crippen molar-refractivity contribution >= 4 is 12.1 Å². The fraction of sp³-hybridized carbons (Fsp3) is 0.500. The zero-order valence-electron chi connectivity index (χ0n) is 11.8. The van der Waals surface area contributed by atoms with E-state index in [9.17, 15) is 9.59 Å². The SMILES string of the molecule is O=C(O)C1C[C@H]2CC[C@@H](C1)N2C(=O)OCc1ccccc1. The van der Waals surface area contributed by atoms with E-state index < -0.39 is 5.97 Å². The summed E-state index contributed by atoms with van der Waals surface area (Å²) in [6.07, 6.45) is 2.55. The van der Waals surface area contributed by atoms with Crippen molar-refractivity contribution in [2.24, 2.45) is 5.92 Å². The van der Waals surface area contributed by atoms with Gasteiger partial charge in [0.15, 0.2) is 0 Å². The molecule has 2 aliphatic rings. The molecule has 21 heavy (non-hydrogen) atoms. The Morgan fingerprint density at radius 2 is 1.76 bits per heavy atom. The quantitative estimate of drug-likeness (QED) is 0.929. The highest BCUT2D eigenvalue weighted by Gasteiger charge is 2.45. The Morgan fingerprint density at radius 3 is 2.33 bits per heavy atom. The molecule has 1 amide bonds. The molecule has 3 atom stereocenters. The second kappa shape index (κ2) is 5.76. The number of benzene rings is 1. The van der Waals surface area contributed by atoms with Crippen molar-refractivity contribution in [3.8, 4) is 0 Å². The van der Waals surface area contributed by atoms with Crippen molar-refractivity contribution in [3.05, 3.63) is 35.9 Å². The van der Waals surface area contributed by atoms with E-state index in [1.54, 1.807) is 4.90 Å². The third kappa shape index (κ3) is 2.86.